The van der Waals surface area contributed by atoms with Crippen LogP contribution < -0.4 is 20.5 Å². The maximum absolute atomic E-state index is 12.0. The average molecular weight is 320 g/mol. The average Bonchev–Trinajstić information content (AvgIpc) is 3.05. The van der Waals surface area contributed by atoms with E-state index >= 15 is 0 Å². The number of ether oxygens (including phenoxy) is 2. The summed E-state index contributed by atoms with van der Waals surface area (Å²) >= 11 is 0. The predicted octanol–water partition coefficient (Wildman–Crippen LogP) is 2.62. The van der Waals surface area contributed by atoms with Crippen LogP contribution in [-0.2, 0) is 11.3 Å². The highest BCUT2D eigenvalue weighted by Crippen LogP contribution is 2.32. The van der Waals surface area contributed by atoms with Crippen molar-refractivity contribution in [1.29, 1.82) is 0 Å². The molecule has 3 N–H and O–H groups in total. The van der Waals surface area contributed by atoms with Gasteiger partial charge in [0.25, 0.3) is 0 Å². The molecule has 2 rings (SSSR count). The third-order valence-electron chi connectivity index (χ3n) is 4.49. The normalized spacial score (nSPS) is 17.6. The van der Waals surface area contributed by atoms with Crippen LogP contribution >= 0.6 is 0 Å². The van der Waals surface area contributed by atoms with Crippen LogP contribution in [0.4, 0.5) is 0 Å². The second kappa shape index (κ2) is 8.20. The minimum Gasteiger partial charge on any atom is -0.493 e. The highest BCUT2D eigenvalue weighted by molar-refractivity contribution is 5.78. The van der Waals surface area contributed by atoms with Crippen molar-refractivity contribution in [3.8, 4) is 11.5 Å². The fraction of sp³-hybridized carbons (Fsp3) is 0.611. The van der Waals surface area contributed by atoms with Crippen molar-refractivity contribution in [2.45, 2.75) is 58.2 Å². The lowest BCUT2D eigenvalue weighted by Gasteiger charge is -2.18. The molecular formula is C18H28N2O3. The summed E-state index contributed by atoms with van der Waals surface area (Å²) < 4.78 is 11.4. The van der Waals surface area contributed by atoms with Crippen molar-refractivity contribution >= 4 is 5.91 Å². The van der Waals surface area contributed by atoms with Gasteiger partial charge in [-0.2, -0.15) is 0 Å². The molecule has 1 saturated carbocycles. The molecule has 1 fully saturated rings. The first-order chi connectivity index (χ1) is 11.0. The van der Waals surface area contributed by atoms with Gasteiger partial charge in [-0.1, -0.05) is 13.0 Å². The molecule has 0 spiro atoms. The van der Waals surface area contributed by atoms with Gasteiger partial charge in [-0.25, -0.2) is 0 Å². The second-order valence-electron chi connectivity index (χ2n) is 6.38. The number of rotatable bonds is 7. The van der Waals surface area contributed by atoms with Gasteiger partial charge in [0, 0.05) is 18.5 Å². The van der Waals surface area contributed by atoms with E-state index in [2.05, 4.69) is 5.32 Å². The number of carbonyl (C=O) groups excluding carboxylic acids is 1. The van der Waals surface area contributed by atoms with Crippen LogP contribution in [0.2, 0.25) is 0 Å². The van der Waals surface area contributed by atoms with E-state index in [1.54, 1.807) is 7.11 Å². The summed E-state index contributed by atoms with van der Waals surface area (Å²) in [6.45, 7) is 4.13. The van der Waals surface area contributed by atoms with Crippen molar-refractivity contribution in [2.24, 2.45) is 11.7 Å². The number of hydrogen-bond acceptors (Lipinski definition) is 4. The number of hydrogen-bond donors (Lipinski definition) is 2. The van der Waals surface area contributed by atoms with Crippen LogP contribution in [0.15, 0.2) is 18.2 Å². The molecule has 1 aliphatic carbocycles. The Kier molecular flexibility index (Phi) is 6.28. The smallest absolute Gasteiger partial charge is 0.224 e. The summed E-state index contributed by atoms with van der Waals surface area (Å²) in [6, 6.07) is 5.62. The van der Waals surface area contributed by atoms with Crippen molar-refractivity contribution < 1.29 is 14.3 Å². The van der Waals surface area contributed by atoms with Crippen LogP contribution in [0.1, 0.15) is 45.1 Å². The maximum Gasteiger partial charge on any atom is 0.224 e. The van der Waals surface area contributed by atoms with Gasteiger partial charge < -0.3 is 20.5 Å². The van der Waals surface area contributed by atoms with Crippen LogP contribution in [0, 0.1) is 5.92 Å². The molecule has 1 aromatic rings. The molecular weight excluding hydrogens is 292 g/mol. The van der Waals surface area contributed by atoms with Crippen LogP contribution in [0.3, 0.4) is 0 Å². The Hall–Kier alpha value is -1.75. The fourth-order valence-electron chi connectivity index (χ4n) is 2.70. The third-order valence-corrected chi connectivity index (χ3v) is 4.49. The van der Waals surface area contributed by atoms with Gasteiger partial charge in [0.05, 0.1) is 13.2 Å². The molecule has 23 heavy (non-hydrogen) atoms. The first kappa shape index (κ1) is 17.6. The Morgan fingerprint density at radius 1 is 1.30 bits per heavy atom. The lowest BCUT2D eigenvalue weighted by atomic mass is 10.0. The minimum absolute atomic E-state index is 0.0333. The molecule has 128 valence electrons. The molecule has 0 radical (unpaired) electrons. The zero-order valence-electron chi connectivity index (χ0n) is 14.3. The van der Waals surface area contributed by atoms with Gasteiger partial charge in [0.15, 0.2) is 11.5 Å². The zero-order valence-corrected chi connectivity index (χ0v) is 14.3. The van der Waals surface area contributed by atoms with E-state index in [0.717, 1.165) is 29.9 Å². The van der Waals surface area contributed by atoms with Crippen molar-refractivity contribution in [1.82, 2.24) is 5.32 Å². The Morgan fingerprint density at radius 2 is 2.00 bits per heavy atom. The first-order valence-corrected chi connectivity index (χ1v) is 8.38. The molecule has 1 aromatic carbocycles. The number of methoxy groups -OCH3 is 1. The van der Waals surface area contributed by atoms with Crippen LogP contribution in [0.25, 0.3) is 0 Å². The predicted molar refractivity (Wildman–Crippen MR) is 90.5 cm³/mol. The molecule has 0 aromatic heterocycles. The van der Waals surface area contributed by atoms with Crippen LogP contribution in [0.5, 0.6) is 11.5 Å². The lowest BCUT2D eigenvalue weighted by Crippen LogP contribution is -2.38. The second-order valence-corrected chi connectivity index (χ2v) is 6.38. The summed E-state index contributed by atoms with van der Waals surface area (Å²) in [4.78, 5) is 12.0. The number of amides is 1. The van der Waals surface area contributed by atoms with Gasteiger partial charge in [0.1, 0.15) is 0 Å². The van der Waals surface area contributed by atoms with E-state index in [0.29, 0.717) is 6.54 Å². The van der Waals surface area contributed by atoms with Gasteiger partial charge in [-0.15, -0.1) is 0 Å². The lowest BCUT2D eigenvalue weighted by molar-refractivity contribution is -0.125. The fourth-order valence-corrected chi connectivity index (χ4v) is 2.70. The van der Waals surface area contributed by atoms with Crippen molar-refractivity contribution in [3.63, 3.8) is 0 Å². The van der Waals surface area contributed by atoms with E-state index in [4.69, 9.17) is 15.2 Å². The maximum atomic E-state index is 12.0. The summed E-state index contributed by atoms with van der Waals surface area (Å²) in [7, 11) is 1.64. The number of carbonyl (C=O) groups is 1. The molecule has 5 nitrogen and oxygen atoms in total. The highest BCUT2D eigenvalue weighted by atomic mass is 16.5. The summed E-state index contributed by atoms with van der Waals surface area (Å²) in [5, 5.41) is 2.92. The molecule has 2 unspecified atom stereocenters. The summed E-state index contributed by atoms with van der Waals surface area (Å²) in [5.41, 5.74) is 6.75. The summed E-state index contributed by atoms with van der Waals surface area (Å²) in [6.07, 6.45) is 4.90. The van der Waals surface area contributed by atoms with Gasteiger partial charge in [-0.3, -0.25) is 4.79 Å². The van der Waals surface area contributed by atoms with Crippen LogP contribution in [-0.4, -0.2) is 25.2 Å². The van der Waals surface area contributed by atoms with Gasteiger partial charge >= 0.3 is 0 Å². The number of benzene rings is 1. The SMILES string of the molecule is COc1ccc(CNC(=O)C(C)C(C)N)cc1OC1CCCC1. The topological polar surface area (TPSA) is 73.6 Å². The first-order valence-electron chi connectivity index (χ1n) is 8.38. The van der Waals surface area contributed by atoms with E-state index in [-0.39, 0.29) is 24.0 Å². The third kappa shape index (κ3) is 4.86. The van der Waals surface area contributed by atoms with E-state index < -0.39 is 0 Å². The van der Waals surface area contributed by atoms with Crippen molar-refractivity contribution in [3.05, 3.63) is 23.8 Å². The molecule has 0 saturated heterocycles. The monoisotopic (exact) mass is 320 g/mol. The molecule has 2 atom stereocenters. The zero-order chi connectivity index (χ0) is 16.8. The molecule has 1 amide bonds. The van der Waals surface area contributed by atoms with E-state index in [9.17, 15) is 4.79 Å². The van der Waals surface area contributed by atoms with Crippen molar-refractivity contribution in [2.75, 3.05) is 7.11 Å². The largest absolute Gasteiger partial charge is 0.493 e. The number of nitrogens with two attached hydrogens (primary N) is 1. The van der Waals surface area contributed by atoms with E-state index in [1.807, 2.05) is 32.0 Å². The molecule has 0 bridgehead atoms. The summed E-state index contributed by atoms with van der Waals surface area (Å²) in [5.74, 6) is 1.25. The molecule has 5 heteroatoms. The number of nitrogens with one attached hydrogen (secondary N) is 1. The molecule has 0 aliphatic heterocycles. The quantitative estimate of drug-likeness (QED) is 0.810. The standard InChI is InChI=1S/C18H28N2O3/c1-12(13(2)19)18(21)20-11-14-8-9-16(22-3)17(10-14)23-15-6-4-5-7-15/h8-10,12-13,15H,4-7,11,19H2,1-3H3,(H,20,21). The Labute approximate surface area is 138 Å². The Bertz CT molecular complexity index is 525. The van der Waals surface area contributed by atoms with Gasteiger partial charge in [-0.05, 0) is 50.3 Å². The Morgan fingerprint density at radius 3 is 2.61 bits per heavy atom. The highest BCUT2D eigenvalue weighted by Gasteiger charge is 2.19. The molecule has 1 aliphatic rings. The van der Waals surface area contributed by atoms with Gasteiger partial charge in [0.2, 0.25) is 5.91 Å². The Balaban J connectivity index is 2.00. The van der Waals surface area contributed by atoms with E-state index in [1.165, 1.54) is 12.8 Å². The minimum atomic E-state index is -0.206. The molecule has 0 heterocycles.